The van der Waals surface area contributed by atoms with Gasteiger partial charge in [-0.1, -0.05) is 6.07 Å². The Balaban J connectivity index is 1.74. The summed E-state index contributed by atoms with van der Waals surface area (Å²) in [6.07, 6.45) is 2.40. The zero-order valence-corrected chi connectivity index (χ0v) is 15.4. The van der Waals surface area contributed by atoms with Gasteiger partial charge in [-0.2, -0.15) is 0 Å². The van der Waals surface area contributed by atoms with Gasteiger partial charge in [0.15, 0.2) is 0 Å². The van der Waals surface area contributed by atoms with Crippen molar-refractivity contribution in [3.05, 3.63) is 59.4 Å². The number of carbonyl (C=O) groups is 1. The molecule has 1 amide bonds. The van der Waals surface area contributed by atoms with Crippen LogP contribution >= 0.6 is 0 Å². The van der Waals surface area contributed by atoms with Gasteiger partial charge < -0.3 is 10.6 Å². The number of nitrogens with one attached hydrogen (secondary N) is 1. The number of rotatable bonds is 5. The highest BCUT2D eigenvalue weighted by Crippen LogP contribution is 2.17. The third-order valence-corrected chi connectivity index (χ3v) is 5.73. The van der Waals surface area contributed by atoms with E-state index in [0.29, 0.717) is 18.7 Å². The van der Waals surface area contributed by atoms with Crippen molar-refractivity contribution in [2.24, 2.45) is 5.73 Å². The van der Waals surface area contributed by atoms with Gasteiger partial charge in [0.2, 0.25) is 10.0 Å². The largest absolute Gasteiger partial charge is 0.337 e. The molecule has 2 aromatic rings. The topological polar surface area (TPSA) is 105 Å². The molecule has 3 N–H and O–H groups in total. The first-order valence-corrected chi connectivity index (χ1v) is 9.89. The smallest absolute Gasteiger partial charge is 0.253 e. The van der Waals surface area contributed by atoms with E-state index >= 15 is 0 Å². The molecule has 1 fully saturated rings. The summed E-state index contributed by atoms with van der Waals surface area (Å²) in [5.74, 6) is -0.195. The van der Waals surface area contributed by atoms with Crippen molar-refractivity contribution in [1.29, 1.82) is 0 Å². The zero-order chi connectivity index (χ0) is 18.7. The Bertz CT molecular complexity index is 914. The van der Waals surface area contributed by atoms with Gasteiger partial charge in [0, 0.05) is 43.1 Å². The second kappa shape index (κ2) is 7.53. The third kappa shape index (κ3) is 4.27. The van der Waals surface area contributed by atoms with E-state index in [4.69, 9.17) is 5.73 Å². The molecule has 1 aliphatic rings. The highest BCUT2D eigenvalue weighted by Gasteiger charge is 2.25. The summed E-state index contributed by atoms with van der Waals surface area (Å²) in [6, 6.07) is 9.65. The number of nitrogens with zero attached hydrogens (tertiary/aromatic N) is 2. The normalized spacial score (nSPS) is 17.5. The Kier molecular flexibility index (Phi) is 5.36. The van der Waals surface area contributed by atoms with Crippen LogP contribution < -0.4 is 10.5 Å². The minimum Gasteiger partial charge on any atom is -0.337 e. The van der Waals surface area contributed by atoms with Gasteiger partial charge in [0.05, 0.1) is 4.90 Å². The first kappa shape index (κ1) is 18.5. The predicted molar refractivity (Wildman–Crippen MR) is 97.9 cm³/mol. The predicted octanol–water partition coefficient (Wildman–Crippen LogP) is 1.04. The third-order valence-electron chi connectivity index (χ3n) is 4.33. The summed E-state index contributed by atoms with van der Waals surface area (Å²) >= 11 is 0. The van der Waals surface area contributed by atoms with Crippen molar-refractivity contribution in [3.8, 4) is 0 Å². The second-order valence-corrected chi connectivity index (χ2v) is 8.22. The molecule has 3 rings (SSSR count). The molecule has 0 bridgehead atoms. The van der Waals surface area contributed by atoms with Crippen LogP contribution in [0.1, 0.15) is 28.0 Å². The number of aryl methyl sites for hydroxylation is 1. The molecule has 0 aliphatic carbocycles. The van der Waals surface area contributed by atoms with E-state index in [9.17, 15) is 13.2 Å². The number of nitrogens with two attached hydrogens (primary N) is 1. The van der Waals surface area contributed by atoms with Crippen LogP contribution in [0.15, 0.2) is 47.5 Å². The summed E-state index contributed by atoms with van der Waals surface area (Å²) in [5.41, 5.74) is 7.83. The van der Waals surface area contributed by atoms with E-state index in [-0.39, 0.29) is 23.4 Å². The summed E-state index contributed by atoms with van der Waals surface area (Å²) in [6.45, 7) is 3.09. The van der Waals surface area contributed by atoms with Crippen molar-refractivity contribution < 1.29 is 13.2 Å². The first-order valence-electron chi connectivity index (χ1n) is 8.41. The molecular weight excluding hydrogens is 352 g/mol. The molecule has 2 heterocycles. The van der Waals surface area contributed by atoms with E-state index < -0.39 is 10.0 Å². The Morgan fingerprint density at radius 2 is 2.15 bits per heavy atom. The fraction of sp³-hybridized carbons (Fsp3) is 0.333. The van der Waals surface area contributed by atoms with Crippen LogP contribution in [0.5, 0.6) is 0 Å². The minimum atomic E-state index is -3.73. The molecule has 138 valence electrons. The van der Waals surface area contributed by atoms with Crippen molar-refractivity contribution in [2.75, 3.05) is 13.1 Å². The molecule has 1 unspecified atom stereocenters. The van der Waals surface area contributed by atoms with Gasteiger partial charge in [0.1, 0.15) is 0 Å². The molecule has 1 aromatic heterocycles. The monoisotopic (exact) mass is 374 g/mol. The number of hydrogen-bond donors (Lipinski definition) is 2. The van der Waals surface area contributed by atoms with Gasteiger partial charge in [-0.05, 0) is 49.2 Å². The number of pyridine rings is 1. The van der Waals surface area contributed by atoms with E-state index in [1.807, 2.05) is 13.0 Å². The van der Waals surface area contributed by atoms with E-state index in [1.54, 1.807) is 29.3 Å². The first-order chi connectivity index (χ1) is 12.3. The molecule has 1 aromatic carbocycles. The summed E-state index contributed by atoms with van der Waals surface area (Å²) < 4.78 is 27.7. The summed E-state index contributed by atoms with van der Waals surface area (Å²) in [5, 5.41) is 0. The number of carbonyl (C=O) groups excluding carboxylic acids is 1. The van der Waals surface area contributed by atoms with E-state index in [1.165, 1.54) is 12.1 Å². The lowest BCUT2D eigenvalue weighted by Crippen LogP contribution is -2.32. The molecule has 7 nitrogen and oxygen atoms in total. The SMILES string of the molecule is Cc1cc(CNS(=O)(=O)c2cccc(C(=O)N3CCC(N)C3)c2)ccn1. The highest BCUT2D eigenvalue weighted by molar-refractivity contribution is 7.89. The van der Waals surface area contributed by atoms with Crippen molar-refractivity contribution in [3.63, 3.8) is 0 Å². The lowest BCUT2D eigenvalue weighted by molar-refractivity contribution is 0.0790. The van der Waals surface area contributed by atoms with Crippen LogP contribution in [0, 0.1) is 6.92 Å². The average Bonchev–Trinajstić information content (AvgIpc) is 3.06. The number of likely N-dealkylation sites (tertiary alicyclic amines) is 1. The fourth-order valence-electron chi connectivity index (χ4n) is 2.93. The zero-order valence-electron chi connectivity index (χ0n) is 14.6. The molecule has 26 heavy (non-hydrogen) atoms. The van der Waals surface area contributed by atoms with Crippen LogP contribution in [-0.2, 0) is 16.6 Å². The van der Waals surface area contributed by atoms with Crippen molar-refractivity contribution in [2.45, 2.75) is 30.8 Å². The molecule has 0 saturated carbocycles. The average molecular weight is 374 g/mol. The summed E-state index contributed by atoms with van der Waals surface area (Å²) in [7, 11) is -3.73. The van der Waals surface area contributed by atoms with Crippen LogP contribution in [0.4, 0.5) is 0 Å². The molecule has 1 atom stereocenters. The lowest BCUT2D eigenvalue weighted by atomic mass is 10.2. The Morgan fingerprint density at radius 1 is 1.35 bits per heavy atom. The number of benzene rings is 1. The Labute approximate surface area is 153 Å². The summed E-state index contributed by atoms with van der Waals surface area (Å²) in [4.78, 5) is 18.3. The van der Waals surface area contributed by atoms with Gasteiger partial charge in [0.25, 0.3) is 5.91 Å². The van der Waals surface area contributed by atoms with Crippen LogP contribution in [-0.4, -0.2) is 43.3 Å². The lowest BCUT2D eigenvalue weighted by Gasteiger charge is -2.16. The van der Waals surface area contributed by atoms with Gasteiger partial charge in [-0.3, -0.25) is 9.78 Å². The van der Waals surface area contributed by atoms with Crippen LogP contribution in [0.25, 0.3) is 0 Å². The van der Waals surface area contributed by atoms with Gasteiger partial charge in [-0.15, -0.1) is 0 Å². The minimum absolute atomic E-state index is 0.0173. The fourth-order valence-corrected chi connectivity index (χ4v) is 3.99. The molecule has 1 aliphatic heterocycles. The Hall–Kier alpha value is -2.29. The Morgan fingerprint density at radius 3 is 2.85 bits per heavy atom. The van der Waals surface area contributed by atoms with E-state index in [0.717, 1.165) is 17.7 Å². The number of hydrogen-bond acceptors (Lipinski definition) is 5. The molecular formula is C18H22N4O3S. The van der Waals surface area contributed by atoms with Crippen LogP contribution in [0.2, 0.25) is 0 Å². The maximum atomic E-state index is 12.6. The number of aromatic nitrogens is 1. The molecule has 0 radical (unpaired) electrons. The van der Waals surface area contributed by atoms with Crippen molar-refractivity contribution in [1.82, 2.24) is 14.6 Å². The van der Waals surface area contributed by atoms with Gasteiger partial charge in [-0.25, -0.2) is 13.1 Å². The molecule has 0 spiro atoms. The quantitative estimate of drug-likeness (QED) is 0.814. The van der Waals surface area contributed by atoms with Gasteiger partial charge >= 0.3 is 0 Å². The van der Waals surface area contributed by atoms with E-state index in [2.05, 4.69) is 9.71 Å². The second-order valence-electron chi connectivity index (χ2n) is 6.46. The maximum Gasteiger partial charge on any atom is 0.253 e. The van der Waals surface area contributed by atoms with Crippen molar-refractivity contribution >= 4 is 15.9 Å². The number of sulfonamides is 1. The highest BCUT2D eigenvalue weighted by atomic mass is 32.2. The molecule has 1 saturated heterocycles. The molecule has 8 heteroatoms. The van der Waals surface area contributed by atoms with Crippen LogP contribution in [0.3, 0.4) is 0 Å². The standard InChI is InChI=1S/C18H22N4O3S/c1-13-9-14(5-7-20-13)11-21-26(24,25)17-4-2-3-15(10-17)18(23)22-8-6-16(19)12-22/h2-5,7,9-10,16,21H,6,8,11-12,19H2,1H3. The maximum absolute atomic E-state index is 12.6. The number of amides is 1.